The first kappa shape index (κ1) is 13.0. The summed E-state index contributed by atoms with van der Waals surface area (Å²) in [4.78, 5) is 14.4. The molecule has 0 saturated heterocycles. The van der Waals surface area contributed by atoms with Gasteiger partial charge in [-0.05, 0) is 12.1 Å². The van der Waals surface area contributed by atoms with Crippen molar-refractivity contribution in [1.82, 2.24) is 10.1 Å². The summed E-state index contributed by atoms with van der Waals surface area (Å²) in [5, 5.41) is 12.2. The van der Waals surface area contributed by atoms with Gasteiger partial charge in [0.1, 0.15) is 19.0 Å². The maximum atomic E-state index is 10.3. The molecule has 1 N–H and O–H groups in total. The lowest BCUT2D eigenvalue weighted by molar-refractivity contribution is -0.142. The van der Waals surface area contributed by atoms with E-state index in [0.29, 0.717) is 17.1 Å². The third-order valence-electron chi connectivity index (χ3n) is 2.27. The molecule has 0 fully saturated rings. The Morgan fingerprint density at radius 1 is 1.42 bits per heavy atom. The maximum absolute atomic E-state index is 10.3. The number of aliphatic carboxylic acids is 1. The molecule has 0 bridgehead atoms. The second-order valence-corrected chi connectivity index (χ2v) is 3.60. The number of benzene rings is 1. The van der Waals surface area contributed by atoms with E-state index in [1.165, 1.54) is 0 Å². The van der Waals surface area contributed by atoms with Gasteiger partial charge in [-0.25, -0.2) is 4.79 Å². The minimum absolute atomic E-state index is 0.0472. The van der Waals surface area contributed by atoms with Gasteiger partial charge in [0.2, 0.25) is 5.82 Å². The smallest absolute Gasteiger partial charge is 0.329 e. The number of hydrogen-bond donors (Lipinski definition) is 1. The number of hydrogen-bond acceptors (Lipinski definition) is 6. The molecule has 0 spiro atoms. The first-order chi connectivity index (χ1) is 9.20. The molecule has 0 atom stereocenters. The van der Waals surface area contributed by atoms with Crippen molar-refractivity contribution in [3.63, 3.8) is 0 Å². The van der Waals surface area contributed by atoms with Gasteiger partial charge >= 0.3 is 5.97 Å². The number of methoxy groups -OCH3 is 1. The van der Waals surface area contributed by atoms with Crippen LogP contribution >= 0.6 is 0 Å². The van der Waals surface area contributed by atoms with Crippen LogP contribution in [0.25, 0.3) is 11.4 Å². The standard InChI is InChI=1S/C12H12N2O5/c1-17-9-5-3-2-4-8(9)12-13-10(19-14-12)6-18-7-11(15)16/h2-5H,6-7H2,1H3,(H,15,16). The Kier molecular flexibility index (Phi) is 4.09. The Morgan fingerprint density at radius 2 is 2.21 bits per heavy atom. The van der Waals surface area contributed by atoms with Gasteiger partial charge in [-0.15, -0.1) is 0 Å². The molecular formula is C12H12N2O5. The predicted octanol–water partition coefficient (Wildman–Crippen LogP) is 1.35. The van der Waals surface area contributed by atoms with E-state index >= 15 is 0 Å². The summed E-state index contributed by atoms with van der Waals surface area (Å²) in [6.45, 7) is -0.458. The van der Waals surface area contributed by atoms with Crippen molar-refractivity contribution in [2.24, 2.45) is 0 Å². The Balaban J connectivity index is 2.10. The van der Waals surface area contributed by atoms with Crippen LogP contribution in [0.3, 0.4) is 0 Å². The second-order valence-electron chi connectivity index (χ2n) is 3.60. The van der Waals surface area contributed by atoms with Crippen molar-refractivity contribution in [2.75, 3.05) is 13.7 Å². The first-order valence-electron chi connectivity index (χ1n) is 5.46. The molecule has 2 aromatic rings. The topological polar surface area (TPSA) is 94.7 Å². The van der Waals surface area contributed by atoms with E-state index in [1.807, 2.05) is 12.1 Å². The van der Waals surface area contributed by atoms with Crippen molar-refractivity contribution in [1.29, 1.82) is 0 Å². The number of nitrogens with zero attached hydrogens (tertiary/aromatic N) is 2. The minimum atomic E-state index is -1.05. The molecule has 7 heteroatoms. The Labute approximate surface area is 108 Å². The fraction of sp³-hybridized carbons (Fsp3) is 0.250. The average molecular weight is 264 g/mol. The Bertz CT molecular complexity index is 567. The van der Waals surface area contributed by atoms with E-state index in [0.717, 1.165) is 0 Å². The lowest BCUT2D eigenvalue weighted by Crippen LogP contribution is -2.06. The molecule has 100 valence electrons. The zero-order valence-corrected chi connectivity index (χ0v) is 10.2. The van der Waals surface area contributed by atoms with Crippen molar-refractivity contribution in [3.8, 4) is 17.1 Å². The fourth-order valence-corrected chi connectivity index (χ4v) is 1.48. The average Bonchev–Trinajstić information content (AvgIpc) is 2.87. The highest BCUT2D eigenvalue weighted by Gasteiger charge is 2.13. The van der Waals surface area contributed by atoms with Crippen molar-refractivity contribution in [2.45, 2.75) is 6.61 Å². The van der Waals surface area contributed by atoms with Crippen LogP contribution in [0.5, 0.6) is 5.75 Å². The van der Waals surface area contributed by atoms with E-state index in [1.54, 1.807) is 19.2 Å². The molecule has 0 unspecified atom stereocenters. The van der Waals surface area contributed by atoms with Crippen molar-refractivity contribution in [3.05, 3.63) is 30.2 Å². The molecule has 0 aliphatic carbocycles. The zero-order chi connectivity index (χ0) is 13.7. The molecule has 0 radical (unpaired) electrons. The zero-order valence-electron chi connectivity index (χ0n) is 10.2. The lowest BCUT2D eigenvalue weighted by atomic mass is 10.2. The summed E-state index contributed by atoms with van der Waals surface area (Å²) in [7, 11) is 1.55. The summed E-state index contributed by atoms with van der Waals surface area (Å²) >= 11 is 0. The first-order valence-corrected chi connectivity index (χ1v) is 5.46. The van der Waals surface area contributed by atoms with Crippen LogP contribution in [0.4, 0.5) is 0 Å². The second kappa shape index (κ2) is 5.96. The van der Waals surface area contributed by atoms with Crippen molar-refractivity contribution < 1.29 is 23.9 Å². The largest absolute Gasteiger partial charge is 0.496 e. The SMILES string of the molecule is COc1ccccc1-c1noc(COCC(=O)O)n1. The molecule has 0 saturated carbocycles. The molecular weight excluding hydrogens is 252 g/mol. The fourth-order valence-electron chi connectivity index (χ4n) is 1.48. The number of aromatic nitrogens is 2. The maximum Gasteiger partial charge on any atom is 0.329 e. The van der Waals surface area contributed by atoms with E-state index in [-0.39, 0.29) is 12.5 Å². The molecule has 1 aromatic heterocycles. The summed E-state index contributed by atoms with van der Waals surface area (Å²) in [6.07, 6.45) is 0. The summed E-state index contributed by atoms with van der Waals surface area (Å²) in [6, 6.07) is 7.24. The predicted molar refractivity (Wildman–Crippen MR) is 63.6 cm³/mol. The summed E-state index contributed by atoms with van der Waals surface area (Å²) in [5.41, 5.74) is 0.693. The Morgan fingerprint density at radius 3 is 2.95 bits per heavy atom. The minimum Gasteiger partial charge on any atom is -0.496 e. The van der Waals surface area contributed by atoms with Gasteiger partial charge in [-0.1, -0.05) is 17.3 Å². The van der Waals surface area contributed by atoms with Gasteiger partial charge < -0.3 is 19.1 Å². The highest BCUT2D eigenvalue weighted by atomic mass is 16.5. The van der Waals surface area contributed by atoms with E-state index in [9.17, 15) is 4.79 Å². The number of carboxylic acids is 1. The molecule has 1 heterocycles. The highest BCUT2D eigenvalue weighted by Crippen LogP contribution is 2.26. The third-order valence-corrected chi connectivity index (χ3v) is 2.27. The number of rotatable bonds is 6. The molecule has 0 amide bonds. The van der Waals surface area contributed by atoms with Gasteiger partial charge in [0.15, 0.2) is 0 Å². The van der Waals surface area contributed by atoms with E-state index < -0.39 is 12.6 Å². The van der Waals surface area contributed by atoms with Crippen LogP contribution in [0.1, 0.15) is 5.89 Å². The summed E-state index contributed by atoms with van der Waals surface area (Å²) in [5.74, 6) is 0.152. The van der Waals surface area contributed by atoms with E-state index in [2.05, 4.69) is 10.1 Å². The van der Waals surface area contributed by atoms with Gasteiger partial charge in [-0.2, -0.15) is 4.98 Å². The van der Waals surface area contributed by atoms with Gasteiger partial charge in [0.05, 0.1) is 12.7 Å². The molecule has 7 nitrogen and oxygen atoms in total. The molecule has 0 aliphatic rings. The molecule has 2 rings (SSSR count). The number of carbonyl (C=O) groups is 1. The number of carboxylic acid groups (broad SMARTS) is 1. The van der Waals surface area contributed by atoms with Gasteiger partial charge in [0, 0.05) is 0 Å². The van der Waals surface area contributed by atoms with E-state index in [4.69, 9.17) is 19.1 Å². The monoisotopic (exact) mass is 264 g/mol. The third kappa shape index (κ3) is 3.29. The van der Waals surface area contributed by atoms with Crippen molar-refractivity contribution >= 4 is 5.97 Å². The van der Waals surface area contributed by atoms with Crippen LogP contribution in [-0.2, 0) is 16.1 Å². The quantitative estimate of drug-likeness (QED) is 0.841. The van der Waals surface area contributed by atoms with Gasteiger partial charge in [0.25, 0.3) is 5.89 Å². The van der Waals surface area contributed by atoms with Crippen LogP contribution < -0.4 is 4.74 Å². The normalized spacial score (nSPS) is 10.4. The number of para-hydroxylation sites is 1. The summed E-state index contributed by atoms with van der Waals surface area (Å²) < 4.78 is 15.0. The van der Waals surface area contributed by atoms with Crippen LogP contribution in [0.2, 0.25) is 0 Å². The van der Waals surface area contributed by atoms with Crippen LogP contribution in [-0.4, -0.2) is 34.9 Å². The van der Waals surface area contributed by atoms with Crippen LogP contribution in [0.15, 0.2) is 28.8 Å². The highest BCUT2D eigenvalue weighted by molar-refractivity contribution is 5.68. The lowest BCUT2D eigenvalue weighted by Gasteiger charge is -2.02. The molecule has 19 heavy (non-hydrogen) atoms. The number of ether oxygens (including phenoxy) is 2. The van der Waals surface area contributed by atoms with Gasteiger partial charge in [-0.3, -0.25) is 0 Å². The van der Waals surface area contributed by atoms with Crippen LogP contribution in [0, 0.1) is 0 Å². The molecule has 1 aromatic carbocycles. The molecule has 0 aliphatic heterocycles. The Hall–Kier alpha value is -2.41.